The summed E-state index contributed by atoms with van der Waals surface area (Å²) >= 11 is 0. The summed E-state index contributed by atoms with van der Waals surface area (Å²) in [5.74, 6) is -0.965. The van der Waals surface area contributed by atoms with Crippen molar-refractivity contribution in [2.45, 2.75) is 50.4 Å². The Morgan fingerprint density at radius 1 is 1.17 bits per heavy atom. The molecule has 4 saturated heterocycles. The van der Waals surface area contributed by atoms with Crippen LogP contribution in [-0.4, -0.2) is 60.5 Å². The molecular formula is C16H23N3O4. The van der Waals surface area contributed by atoms with Gasteiger partial charge in [0.2, 0.25) is 17.7 Å². The molecule has 4 unspecified atom stereocenters. The van der Waals surface area contributed by atoms with Gasteiger partial charge < -0.3 is 15.4 Å². The molecule has 0 saturated carbocycles. The molecule has 0 aromatic rings. The molecule has 7 nitrogen and oxygen atoms in total. The summed E-state index contributed by atoms with van der Waals surface area (Å²) in [7, 11) is 0. The van der Waals surface area contributed by atoms with E-state index < -0.39 is 0 Å². The van der Waals surface area contributed by atoms with Crippen molar-refractivity contribution in [3.8, 4) is 0 Å². The van der Waals surface area contributed by atoms with Crippen molar-refractivity contribution in [2.75, 3.05) is 19.6 Å². The number of nitrogens with zero attached hydrogens (tertiary/aromatic N) is 1. The van der Waals surface area contributed by atoms with Gasteiger partial charge in [0.15, 0.2) is 0 Å². The molecule has 4 rings (SSSR count). The van der Waals surface area contributed by atoms with E-state index >= 15 is 0 Å². The van der Waals surface area contributed by atoms with Crippen molar-refractivity contribution < 1.29 is 19.1 Å². The zero-order valence-corrected chi connectivity index (χ0v) is 13.1. The second kappa shape index (κ2) is 5.87. The Bertz CT molecular complexity index is 503. The lowest BCUT2D eigenvalue weighted by Gasteiger charge is -2.24. The van der Waals surface area contributed by atoms with Gasteiger partial charge in [-0.3, -0.25) is 19.3 Å². The van der Waals surface area contributed by atoms with Crippen LogP contribution in [0.25, 0.3) is 0 Å². The van der Waals surface area contributed by atoms with Crippen LogP contribution < -0.4 is 10.6 Å². The predicted molar refractivity (Wildman–Crippen MR) is 80.2 cm³/mol. The molecule has 5 atom stereocenters. The van der Waals surface area contributed by atoms with Crippen LogP contribution in [0.1, 0.15) is 32.1 Å². The van der Waals surface area contributed by atoms with Crippen molar-refractivity contribution in [3.05, 3.63) is 0 Å². The molecule has 0 aromatic heterocycles. The van der Waals surface area contributed by atoms with Crippen LogP contribution in [0.2, 0.25) is 0 Å². The number of amides is 3. The fourth-order valence-corrected chi connectivity index (χ4v) is 4.48. The van der Waals surface area contributed by atoms with Gasteiger partial charge >= 0.3 is 0 Å². The molecule has 2 bridgehead atoms. The quantitative estimate of drug-likeness (QED) is 0.676. The molecule has 0 spiro atoms. The van der Waals surface area contributed by atoms with Gasteiger partial charge in [0.25, 0.3) is 0 Å². The molecule has 0 radical (unpaired) electrons. The third kappa shape index (κ3) is 2.55. The van der Waals surface area contributed by atoms with Gasteiger partial charge in [0.05, 0.1) is 24.0 Å². The molecule has 3 amide bonds. The highest BCUT2D eigenvalue weighted by molar-refractivity contribution is 6.06. The Balaban J connectivity index is 1.32. The number of fused-ring (bicyclic) bond motifs is 5. The van der Waals surface area contributed by atoms with Crippen LogP contribution in [0, 0.1) is 11.8 Å². The van der Waals surface area contributed by atoms with Crippen molar-refractivity contribution in [1.29, 1.82) is 0 Å². The number of carbonyl (C=O) groups is 3. The number of hydrogen-bond acceptors (Lipinski definition) is 5. The van der Waals surface area contributed by atoms with Crippen molar-refractivity contribution in [1.82, 2.24) is 15.5 Å². The summed E-state index contributed by atoms with van der Waals surface area (Å²) < 4.78 is 5.70. The van der Waals surface area contributed by atoms with Gasteiger partial charge in [0, 0.05) is 25.6 Å². The number of imide groups is 1. The SMILES string of the molecule is O=C(CCN1C(=O)C2C3CCC(O3)C2C1=O)N[C@H]1CCCNC1. The number of rotatable bonds is 4. The maximum absolute atomic E-state index is 12.5. The first-order valence-electron chi connectivity index (χ1n) is 8.66. The number of ether oxygens (including phenoxy) is 1. The summed E-state index contributed by atoms with van der Waals surface area (Å²) in [5, 5.41) is 6.23. The number of carbonyl (C=O) groups excluding carboxylic acids is 3. The van der Waals surface area contributed by atoms with Crippen molar-refractivity contribution >= 4 is 17.7 Å². The zero-order valence-electron chi connectivity index (χ0n) is 13.1. The van der Waals surface area contributed by atoms with E-state index in [2.05, 4.69) is 10.6 Å². The van der Waals surface area contributed by atoms with E-state index in [9.17, 15) is 14.4 Å². The first-order chi connectivity index (χ1) is 11.1. The van der Waals surface area contributed by atoms with Gasteiger partial charge in [0.1, 0.15) is 0 Å². The summed E-state index contributed by atoms with van der Waals surface area (Å²) in [5.41, 5.74) is 0. The number of likely N-dealkylation sites (tertiary alicyclic amines) is 1. The molecule has 7 heteroatoms. The highest BCUT2D eigenvalue weighted by atomic mass is 16.5. The van der Waals surface area contributed by atoms with Gasteiger partial charge in [-0.1, -0.05) is 0 Å². The van der Waals surface area contributed by atoms with E-state index in [1.165, 1.54) is 4.90 Å². The number of piperidine rings is 1. The number of nitrogens with one attached hydrogen (secondary N) is 2. The van der Waals surface area contributed by atoms with E-state index in [1.807, 2.05) is 0 Å². The second-order valence-electron chi connectivity index (χ2n) is 7.03. The molecule has 0 aromatic carbocycles. The largest absolute Gasteiger partial charge is 0.373 e. The summed E-state index contributed by atoms with van der Waals surface area (Å²) in [6, 6.07) is 0.157. The summed E-state index contributed by atoms with van der Waals surface area (Å²) in [6.45, 7) is 1.98. The third-order valence-electron chi connectivity index (χ3n) is 5.60. The van der Waals surface area contributed by atoms with Crippen LogP contribution in [0.3, 0.4) is 0 Å². The second-order valence-corrected chi connectivity index (χ2v) is 7.03. The highest BCUT2D eigenvalue weighted by Gasteiger charge is 2.62. The van der Waals surface area contributed by atoms with Crippen LogP contribution in [0.5, 0.6) is 0 Å². The van der Waals surface area contributed by atoms with E-state index in [-0.39, 0.29) is 60.8 Å². The van der Waals surface area contributed by atoms with Gasteiger partial charge in [-0.15, -0.1) is 0 Å². The monoisotopic (exact) mass is 321 g/mol. The first kappa shape index (κ1) is 15.1. The predicted octanol–water partition coefficient (Wildman–Crippen LogP) is -0.593. The molecule has 4 aliphatic rings. The lowest BCUT2D eigenvalue weighted by molar-refractivity contribution is -0.142. The van der Waals surface area contributed by atoms with E-state index in [4.69, 9.17) is 4.74 Å². The van der Waals surface area contributed by atoms with E-state index in [0.717, 1.165) is 38.8 Å². The summed E-state index contributed by atoms with van der Waals surface area (Å²) in [4.78, 5) is 38.3. The van der Waals surface area contributed by atoms with Crippen LogP contribution >= 0.6 is 0 Å². The summed E-state index contributed by atoms with van der Waals surface area (Å²) in [6.07, 6.45) is 3.78. The first-order valence-corrected chi connectivity index (χ1v) is 8.66. The Hall–Kier alpha value is -1.47. The fraction of sp³-hybridized carbons (Fsp3) is 0.812. The normalized spacial score (nSPS) is 39.0. The molecular weight excluding hydrogens is 298 g/mol. The Morgan fingerprint density at radius 3 is 2.48 bits per heavy atom. The maximum Gasteiger partial charge on any atom is 0.235 e. The standard InChI is InChI=1S/C16H23N3O4/c20-12(18-9-2-1-6-17-8-9)5-7-19-15(21)13-10-3-4-11(23-10)14(13)16(19)22/h9-11,13-14,17H,1-8H2,(H,18,20)/t9-,10?,11?,13?,14?/m0/s1. The minimum Gasteiger partial charge on any atom is -0.373 e. The minimum atomic E-state index is -0.299. The van der Waals surface area contributed by atoms with Gasteiger partial charge in [-0.05, 0) is 32.2 Å². The lowest BCUT2D eigenvalue weighted by atomic mass is 9.81. The van der Waals surface area contributed by atoms with E-state index in [0.29, 0.717) is 0 Å². The minimum absolute atomic E-state index is 0.0874. The molecule has 0 aliphatic carbocycles. The van der Waals surface area contributed by atoms with Crippen LogP contribution in [0.15, 0.2) is 0 Å². The smallest absolute Gasteiger partial charge is 0.235 e. The molecule has 2 N–H and O–H groups in total. The maximum atomic E-state index is 12.5. The molecule has 4 fully saturated rings. The lowest BCUT2D eigenvalue weighted by Crippen LogP contribution is -2.46. The van der Waals surface area contributed by atoms with Gasteiger partial charge in [-0.25, -0.2) is 0 Å². The Kier molecular flexibility index (Phi) is 3.85. The highest BCUT2D eigenvalue weighted by Crippen LogP contribution is 2.48. The van der Waals surface area contributed by atoms with Gasteiger partial charge in [-0.2, -0.15) is 0 Å². The molecule has 23 heavy (non-hydrogen) atoms. The molecule has 126 valence electrons. The zero-order chi connectivity index (χ0) is 16.0. The Labute approximate surface area is 135 Å². The van der Waals surface area contributed by atoms with Crippen LogP contribution in [-0.2, 0) is 19.1 Å². The van der Waals surface area contributed by atoms with Crippen molar-refractivity contribution in [3.63, 3.8) is 0 Å². The topological polar surface area (TPSA) is 87.7 Å². The van der Waals surface area contributed by atoms with Crippen molar-refractivity contribution in [2.24, 2.45) is 11.8 Å². The number of hydrogen-bond donors (Lipinski definition) is 2. The molecule has 4 heterocycles. The van der Waals surface area contributed by atoms with Crippen LogP contribution in [0.4, 0.5) is 0 Å². The third-order valence-corrected chi connectivity index (χ3v) is 5.60. The van der Waals surface area contributed by atoms with E-state index in [1.54, 1.807) is 0 Å². The average Bonchev–Trinajstić information content (AvgIpc) is 3.22. The fourth-order valence-electron chi connectivity index (χ4n) is 4.48. The Morgan fingerprint density at radius 2 is 1.87 bits per heavy atom. The molecule has 4 aliphatic heterocycles. The average molecular weight is 321 g/mol.